The molecule has 0 saturated carbocycles. The minimum Gasteiger partial charge on any atom is -0.444 e. The molecule has 2 heterocycles. The zero-order chi connectivity index (χ0) is 26.8. The molecule has 1 fully saturated rings. The van der Waals surface area contributed by atoms with E-state index in [-0.39, 0.29) is 18.1 Å². The smallest absolute Gasteiger partial charge is 0.413 e. The van der Waals surface area contributed by atoms with Crippen LogP contribution in [-0.4, -0.2) is 45.9 Å². The van der Waals surface area contributed by atoms with Gasteiger partial charge in [0.15, 0.2) is 0 Å². The summed E-state index contributed by atoms with van der Waals surface area (Å²) in [6.45, 7) is 7.74. The lowest BCUT2D eigenvalue weighted by molar-refractivity contribution is -0.159. The first kappa shape index (κ1) is 27.0. The molecule has 3 amide bonds. The Morgan fingerprint density at radius 2 is 1.78 bits per heavy atom. The maximum Gasteiger partial charge on any atom is 0.413 e. The summed E-state index contributed by atoms with van der Waals surface area (Å²) in [5.74, 6) is -6.61. The molecule has 2 N–H and O–H groups in total. The molecule has 1 saturated heterocycles. The largest absolute Gasteiger partial charge is 0.444 e. The highest BCUT2D eigenvalue weighted by Crippen LogP contribution is 2.43. The van der Waals surface area contributed by atoms with Crippen molar-refractivity contribution in [2.24, 2.45) is 5.92 Å². The summed E-state index contributed by atoms with van der Waals surface area (Å²) in [6, 6.07) is 5.29. The number of alkyl halides is 2. The first-order valence-corrected chi connectivity index (χ1v) is 11.4. The van der Waals surface area contributed by atoms with Crippen molar-refractivity contribution in [3.8, 4) is 0 Å². The Labute approximate surface area is 207 Å². The molecule has 194 valence electrons. The van der Waals surface area contributed by atoms with E-state index < -0.39 is 53.6 Å². The van der Waals surface area contributed by atoms with Gasteiger partial charge in [0.25, 0.3) is 5.92 Å². The SMILES string of the molecule is Cc1cc(NC(=O)C(=O)N2C[C@H](C)C(F)(F)C[C@H]2c2ccc(F)cc2)cnc1NC(=O)OC(C)(C)C. The third kappa shape index (κ3) is 6.52. The number of halogens is 3. The molecule has 1 aromatic carbocycles. The third-order valence-electron chi connectivity index (χ3n) is 5.70. The van der Waals surface area contributed by atoms with Crippen molar-refractivity contribution >= 4 is 29.4 Å². The van der Waals surface area contributed by atoms with Gasteiger partial charge in [-0.05, 0) is 57.0 Å². The Balaban J connectivity index is 1.75. The Morgan fingerprint density at radius 3 is 2.36 bits per heavy atom. The molecule has 0 spiro atoms. The molecular weight excluding hydrogens is 477 g/mol. The van der Waals surface area contributed by atoms with Crippen LogP contribution in [0, 0.1) is 18.7 Å². The van der Waals surface area contributed by atoms with Crippen LogP contribution in [0.25, 0.3) is 0 Å². The molecule has 1 aliphatic rings. The Hall–Kier alpha value is -3.63. The van der Waals surface area contributed by atoms with Gasteiger partial charge < -0.3 is 15.0 Å². The summed E-state index contributed by atoms with van der Waals surface area (Å²) >= 11 is 0. The van der Waals surface area contributed by atoms with E-state index >= 15 is 0 Å². The van der Waals surface area contributed by atoms with Crippen LogP contribution in [0.4, 0.5) is 29.5 Å². The topological polar surface area (TPSA) is 101 Å². The minimum absolute atomic E-state index is 0.175. The first-order chi connectivity index (χ1) is 16.7. The molecule has 1 aromatic heterocycles. The lowest BCUT2D eigenvalue weighted by Crippen LogP contribution is -2.52. The van der Waals surface area contributed by atoms with Crippen LogP contribution in [0.3, 0.4) is 0 Å². The number of likely N-dealkylation sites (tertiary alicyclic amines) is 1. The number of rotatable bonds is 3. The highest BCUT2D eigenvalue weighted by molar-refractivity contribution is 6.39. The number of carbonyl (C=O) groups excluding carboxylic acids is 3. The fourth-order valence-electron chi connectivity index (χ4n) is 3.82. The number of aryl methyl sites for hydroxylation is 1. The number of ether oxygens (including phenoxy) is 1. The number of nitrogens with zero attached hydrogens (tertiary/aromatic N) is 2. The molecule has 11 heteroatoms. The molecular formula is C25H29F3N4O4. The molecule has 3 rings (SSSR count). The molecule has 1 aliphatic heterocycles. The minimum atomic E-state index is -3.07. The average Bonchev–Trinajstić information content (AvgIpc) is 2.76. The second-order valence-electron chi connectivity index (χ2n) is 9.86. The predicted molar refractivity (Wildman–Crippen MR) is 127 cm³/mol. The lowest BCUT2D eigenvalue weighted by atomic mass is 9.86. The van der Waals surface area contributed by atoms with E-state index in [1.165, 1.54) is 31.3 Å². The molecule has 0 unspecified atom stereocenters. The van der Waals surface area contributed by atoms with E-state index in [1.54, 1.807) is 27.7 Å². The zero-order valence-corrected chi connectivity index (χ0v) is 20.7. The maximum absolute atomic E-state index is 14.5. The van der Waals surface area contributed by atoms with Crippen LogP contribution in [0.5, 0.6) is 0 Å². The van der Waals surface area contributed by atoms with Crippen molar-refractivity contribution < 1.29 is 32.3 Å². The van der Waals surface area contributed by atoms with E-state index in [4.69, 9.17) is 4.74 Å². The van der Waals surface area contributed by atoms with E-state index in [9.17, 15) is 27.6 Å². The fraction of sp³-hybridized carbons (Fsp3) is 0.440. The number of aromatic nitrogens is 1. The van der Waals surface area contributed by atoms with Gasteiger partial charge in [-0.25, -0.2) is 22.9 Å². The summed E-state index contributed by atoms with van der Waals surface area (Å²) in [4.78, 5) is 43.0. The number of anilines is 2. The van der Waals surface area contributed by atoms with Gasteiger partial charge in [-0.2, -0.15) is 0 Å². The van der Waals surface area contributed by atoms with Gasteiger partial charge >= 0.3 is 17.9 Å². The average molecular weight is 507 g/mol. The van der Waals surface area contributed by atoms with E-state index in [2.05, 4.69) is 15.6 Å². The summed E-state index contributed by atoms with van der Waals surface area (Å²) in [5, 5.41) is 4.94. The number of hydrogen-bond donors (Lipinski definition) is 2. The van der Waals surface area contributed by atoms with Crippen LogP contribution in [0.2, 0.25) is 0 Å². The van der Waals surface area contributed by atoms with E-state index in [1.807, 2.05) is 0 Å². The summed E-state index contributed by atoms with van der Waals surface area (Å²) in [5.41, 5.74) is 0.267. The Kier molecular flexibility index (Phi) is 7.61. The molecule has 0 aliphatic carbocycles. The number of pyridine rings is 1. The van der Waals surface area contributed by atoms with Gasteiger partial charge in [-0.15, -0.1) is 0 Å². The van der Waals surface area contributed by atoms with Crippen molar-refractivity contribution in [2.75, 3.05) is 17.2 Å². The fourth-order valence-corrected chi connectivity index (χ4v) is 3.82. The maximum atomic E-state index is 14.5. The van der Waals surface area contributed by atoms with Crippen molar-refractivity contribution in [2.45, 2.75) is 58.6 Å². The van der Waals surface area contributed by atoms with Gasteiger partial charge in [0.2, 0.25) is 0 Å². The molecule has 8 nitrogen and oxygen atoms in total. The molecule has 0 radical (unpaired) electrons. The molecule has 36 heavy (non-hydrogen) atoms. The summed E-state index contributed by atoms with van der Waals surface area (Å²) in [7, 11) is 0. The second kappa shape index (κ2) is 10.2. The number of amides is 3. The third-order valence-corrected chi connectivity index (χ3v) is 5.70. The van der Waals surface area contributed by atoms with Gasteiger partial charge in [-0.1, -0.05) is 19.1 Å². The lowest BCUT2D eigenvalue weighted by Gasteiger charge is -2.42. The van der Waals surface area contributed by atoms with Gasteiger partial charge in [0, 0.05) is 18.9 Å². The molecule has 2 aromatic rings. The van der Waals surface area contributed by atoms with Crippen molar-refractivity contribution in [3.63, 3.8) is 0 Å². The van der Waals surface area contributed by atoms with Crippen LogP contribution in [0.1, 0.15) is 51.3 Å². The van der Waals surface area contributed by atoms with Crippen LogP contribution < -0.4 is 10.6 Å². The van der Waals surface area contributed by atoms with Crippen molar-refractivity contribution in [1.29, 1.82) is 0 Å². The second-order valence-corrected chi connectivity index (χ2v) is 9.86. The number of hydrogen-bond acceptors (Lipinski definition) is 5. The molecule has 2 atom stereocenters. The quantitative estimate of drug-likeness (QED) is 0.567. The summed E-state index contributed by atoms with van der Waals surface area (Å²) in [6.07, 6.45) is -0.146. The van der Waals surface area contributed by atoms with Gasteiger partial charge in [-0.3, -0.25) is 14.9 Å². The van der Waals surface area contributed by atoms with Crippen molar-refractivity contribution in [1.82, 2.24) is 9.88 Å². The number of nitrogens with one attached hydrogen (secondary N) is 2. The van der Waals surface area contributed by atoms with Gasteiger partial charge in [0.05, 0.1) is 17.9 Å². The predicted octanol–water partition coefficient (Wildman–Crippen LogP) is 5.06. The van der Waals surface area contributed by atoms with Crippen LogP contribution >= 0.6 is 0 Å². The first-order valence-electron chi connectivity index (χ1n) is 11.4. The number of benzene rings is 1. The Morgan fingerprint density at radius 1 is 1.14 bits per heavy atom. The van der Waals surface area contributed by atoms with Crippen molar-refractivity contribution in [3.05, 3.63) is 53.5 Å². The monoisotopic (exact) mass is 506 g/mol. The zero-order valence-electron chi connectivity index (χ0n) is 20.7. The van der Waals surface area contributed by atoms with E-state index in [0.717, 1.165) is 17.0 Å². The van der Waals surface area contributed by atoms with E-state index in [0.29, 0.717) is 11.1 Å². The standard InChI is InChI=1S/C25H29F3N4O4/c1-14-10-18(12-29-20(14)31-23(35)36-24(3,4)5)30-21(33)22(34)32-13-15(2)25(27,28)11-19(32)16-6-8-17(26)9-7-16/h6-10,12,15,19H,11,13H2,1-5H3,(H,30,33)(H,29,31,35)/t15-,19-/m0/s1. The van der Waals surface area contributed by atoms with Crippen LogP contribution in [-0.2, 0) is 14.3 Å². The van der Waals surface area contributed by atoms with Gasteiger partial charge in [0.1, 0.15) is 17.2 Å². The number of carbonyl (C=O) groups is 3. The highest BCUT2D eigenvalue weighted by atomic mass is 19.3. The molecule has 0 bridgehead atoms. The van der Waals surface area contributed by atoms with Crippen LogP contribution in [0.15, 0.2) is 36.5 Å². The Bertz CT molecular complexity index is 1150. The highest BCUT2D eigenvalue weighted by Gasteiger charge is 2.48. The number of piperidine rings is 1. The summed E-state index contributed by atoms with van der Waals surface area (Å²) < 4.78 is 47.6. The normalized spacial score (nSPS) is 19.4.